The first-order chi connectivity index (χ1) is 10.8. The number of nitrogens with one attached hydrogen (secondary N) is 1. The van der Waals surface area contributed by atoms with E-state index in [4.69, 9.17) is 4.42 Å². The summed E-state index contributed by atoms with van der Waals surface area (Å²) in [5, 5.41) is 12.0. The Morgan fingerprint density at radius 1 is 1.39 bits per heavy atom. The lowest BCUT2D eigenvalue weighted by molar-refractivity contribution is -0.118. The highest BCUT2D eigenvalue weighted by Gasteiger charge is 2.16. The lowest BCUT2D eigenvalue weighted by Crippen LogP contribution is -2.28. The molecule has 23 heavy (non-hydrogen) atoms. The van der Waals surface area contributed by atoms with Gasteiger partial charge in [-0.25, -0.2) is 0 Å². The number of carbonyl (C=O) groups excluding carboxylic acids is 1. The van der Waals surface area contributed by atoms with Crippen LogP contribution in [0.3, 0.4) is 0 Å². The molecular weight excluding hydrogens is 312 g/mol. The van der Waals surface area contributed by atoms with E-state index < -0.39 is 0 Å². The van der Waals surface area contributed by atoms with E-state index in [-0.39, 0.29) is 11.3 Å². The monoisotopic (exact) mass is 336 g/mol. The highest BCUT2D eigenvalue weighted by atomic mass is 32.2. The SMILES string of the molecule is Cc1occc1-c1nnc(SCC(=O)NCCC(C)(C)C)n1C. The van der Waals surface area contributed by atoms with Crippen molar-refractivity contribution in [2.24, 2.45) is 12.5 Å². The number of carbonyl (C=O) groups is 1. The molecule has 0 atom stereocenters. The Labute approximate surface area is 141 Å². The zero-order valence-electron chi connectivity index (χ0n) is 14.3. The number of hydrogen-bond donors (Lipinski definition) is 1. The maximum Gasteiger partial charge on any atom is 0.230 e. The first kappa shape index (κ1) is 17.6. The van der Waals surface area contributed by atoms with Gasteiger partial charge in [-0.1, -0.05) is 32.5 Å². The van der Waals surface area contributed by atoms with Crippen molar-refractivity contribution in [2.45, 2.75) is 39.3 Å². The van der Waals surface area contributed by atoms with E-state index in [1.165, 1.54) is 11.8 Å². The number of furan rings is 1. The quantitative estimate of drug-likeness (QED) is 0.821. The molecule has 7 heteroatoms. The molecule has 0 bridgehead atoms. The maximum atomic E-state index is 11.9. The van der Waals surface area contributed by atoms with E-state index in [1.54, 1.807) is 6.26 Å². The molecule has 126 valence electrons. The minimum atomic E-state index is 0.0169. The standard InChI is InChI=1S/C16H24N4O2S/c1-11-12(6-9-22-11)14-18-19-15(20(14)5)23-10-13(21)17-8-7-16(2,3)4/h6,9H,7-8,10H2,1-5H3,(H,17,21). The van der Waals surface area contributed by atoms with Crippen LogP contribution in [0.4, 0.5) is 0 Å². The molecule has 0 fully saturated rings. The van der Waals surface area contributed by atoms with Crippen molar-refractivity contribution in [3.05, 3.63) is 18.1 Å². The molecule has 0 saturated heterocycles. The predicted molar refractivity (Wildman–Crippen MR) is 91.2 cm³/mol. The molecule has 0 unspecified atom stereocenters. The first-order valence-electron chi connectivity index (χ1n) is 7.61. The van der Waals surface area contributed by atoms with Gasteiger partial charge in [-0.3, -0.25) is 4.79 Å². The van der Waals surface area contributed by atoms with Crippen LogP contribution in [0, 0.1) is 12.3 Å². The van der Waals surface area contributed by atoms with Gasteiger partial charge in [0.1, 0.15) is 5.76 Å². The van der Waals surface area contributed by atoms with Crippen molar-refractivity contribution in [1.29, 1.82) is 0 Å². The van der Waals surface area contributed by atoms with E-state index in [0.717, 1.165) is 23.6 Å². The van der Waals surface area contributed by atoms with Gasteiger partial charge in [-0.15, -0.1) is 10.2 Å². The van der Waals surface area contributed by atoms with Crippen LogP contribution in [0.25, 0.3) is 11.4 Å². The summed E-state index contributed by atoms with van der Waals surface area (Å²) in [6, 6.07) is 1.87. The summed E-state index contributed by atoms with van der Waals surface area (Å²) in [4.78, 5) is 11.9. The Hall–Kier alpha value is -1.76. The third-order valence-corrected chi connectivity index (χ3v) is 4.48. The minimum Gasteiger partial charge on any atom is -0.469 e. The second-order valence-electron chi connectivity index (χ2n) is 6.70. The molecule has 0 saturated carbocycles. The molecule has 0 spiro atoms. The molecule has 2 aromatic rings. The number of hydrogen-bond acceptors (Lipinski definition) is 5. The number of amides is 1. The Morgan fingerprint density at radius 2 is 2.13 bits per heavy atom. The second-order valence-corrected chi connectivity index (χ2v) is 7.65. The van der Waals surface area contributed by atoms with Crippen molar-refractivity contribution >= 4 is 17.7 Å². The average Bonchev–Trinajstić information content (AvgIpc) is 3.01. The number of thioether (sulfide) groups is 1. The molecule has 2 heterocycles. The topological polar surface area (TPSA) is 72.9 Å². The van der Waals surface area contributed by atoms with Gasteiger partial charge in [0.15, 0.2) is 11.0 Å². The summed E-state index contributed by atoms with van der Waals surface area (Å²) in [6.07, 6.45) is 2.59. The Morgan fingerprint density at radius 3 is 2.74 bits per heavy atom. The van der Waals surface area contributed by atoms with Crippen molar-refractivity contribution in [3.63, 3.8) is 0 Å². The van der Waals surface area contributed by atoms with E-state index >= 15 is 0 Å². The van der Waals surface area contributed by atoms with Crippen LogP contribution in [0.5, 0.6) is 0 Å². The summed E-state index contributed by atoms with van der Waals surface area (Å²) in [5.41, 5.74) is 1.14. The summed E-state index contributed by atoms with van der Waals surface area (Å²) in [5.74, 6) is 1.90. The van der Waals surface area contributed by atoms with Gasteiger partial charge >= 0.3 is 0 Å². The molecular formula is C16H24N4O2S. The largest absolute Gasteiger partial charge is 0.469 e. The Kier molecular flexibility index (Phi) is 5.51. The molecule has 6 nitrogen and oxygen atoms in total. The lowest BCUT2D eigenvalue weighted by Gasteiger charge is -2.17. The van der Waals surface area contributed by atoms with Crippen LogP contribution in [0.15, 0.2) is 21.9 Å². The van der Waals surface area contributed by atoms with Gasteiger partial charge < -0.3 is 14.3 Å². The highest BCUT2D eigenvalue weighted by Crippen LogP contribution is 2.25. The maximum absolute atomic E-state index is 11.9. The van der Waals surface area contributed by atoms with Crippen molar-refractivity contribution in [3.8, 4) is 11.4 Å². The summed E-state index contributed by atoms with van der Waals surface area (Å²) < 4.78 is 7.18. The van der Waals surface area contributed by atoms with E-state index in [1.807, 2.05) is 24.6 Å². The van der Waals surface area contributed by atoms with Crippen LogP contribution in [-0.2, 0) is 11.8 Å². The van der Waals surface area contributed by atoms with Gasteiger partial charge in [0.25, 0.3) is 0 Å². The number of rotatable bonds is 6. The second kappa shape index (κ2) is 7.21. The third kappa shape index (κ3) is 4.86. The van der Waals surface area contributed by atoms with Gasteiger partial charge in [-0.05, 0) is 24.8 Å². The molecule has 0 radical (unpaired) electrons. The fourth-order valence-corrected chi connectivity index (χ4v) is 2.79. The normalized spacial score (nSPS) is 11.7. The lowest BCUT2D eigenvalue weighted by atomic mass is 9.92. The first-order valence-corrected chi connectivity index (χ1v) is 8.60. The zero-order chi connectivity index (χ0) is 17.0. The van der Waals surface area contributed by atoms with Crippen LogP contribution in [-0.4, -0.2) is 33.0 Å². The molecule has 1 N–H and O–H groups in total. The third-order valence-electron chi connectivity index (χ3n) is 3.46. The van der Waals surface area contributed by atoms with Crippen molar-refractivity contribution < 1.29 is 9.21 Å². The molecule has 2 rings (SSSR count). The summed E-state index contributed by atoms with van der Waals surface area (Å²) >= 11 is 1.38. The Balaban J connectivity index is 1.88. The predicted octanol–water partition coefficient (Wildman–Crippen LogP) is 3.03. The van der Waals surface area contributed by atoms with Crippen molar-refractivity contribution in [1.82, 2.24) is 20.1 Å². The van der Waals surface area contributed by atoms with Crippen LogP contribution in [0.2, 0.25) is 0 Å². The molecule has 1 amide bonds. The van der Waals surface area contributed by atoms with E-state index in [0.29, 0.717) is 17.5 Å². The van der Waals surface area contributed by atoms with Gasteiger partial charge in [0, 0.05) is 13.6 Å². The van der Waals surface area contributed by atoms with E-state index in [9.17, 15) is 4.79 Å². The fourth-order valence-electron chi connectivity index (χ4n) is 2.05. The molecule has 0 aliphatic rings. The van der Waals surface area contributed by atoms with Gasteiger partial charge in [-0.2, -0.15) is 0 Å². The molecule has 0 aliphatic heterocycles. The van der Waals surface area contributed by atoms with Gasteiger partial charge in [0.2, 0.25) is 5.91 Å². The van der Waals surface area contributed by atoms with Crippen LogP contribution in [0.1, 0.15) is 33.0 Å². The number of nitrogens with zero attached hydrogens (tertiary/aromatic N) is 3. The van der Waals surface area contributed by atoms with Crippen LogP contribution >= 0.6 is 11.8 Å². The fraction of sp³-hybridized carbons (Fsp3) is 0.562. The summed E-state index contributed by atoms with van der Waals surface area (Å²) in [7, 11) is 1.89. The van der Waals surface area contributed by atoms with E-state index in [2.05, 4.69) is 36.3 Å². The average molecular weight is 336 g/mol. The van der Waals surface area contributed by atoms with Crippen molar-refractivity contribution in [2.75, 3.05) is 12.3 Å². The molecule has 0 aliphatic carbocycles. The molecule has 0 aromatic carbocycles. The number of aromatic nitrogens is 3. The number of aryl methyl sites for hydroxylation is 1. The molecule has 2 aromatic heterocycles. The van der Waals surface area contributed by atoms with Crippen LogP contribution < -0.4 is 5.32 Å². The summed E-state index contributed by atoms with van der Waals surface area (Å²) in [6.45, 7) is 9.06. The smallest absolute Gasteiger partial charge is 0.230 e. The van der Waals surface area contributed by atoms with Gasteiger partial charge in [0.05, 0.1) is 17.6 Å². The minimum absolute atomic E-state index is 0.0169. The Bertz CT molecular complexity index is 670. The highest BCUT2D eigenvalue weighted by molar-refractivity contribution is 7.99. The zero-order valence-corrected chi connectivity index (χ0v) is 15.2.